The summed E-state index contributed by atoms with van der Waals surface area (Å²) in [7, 11) is 0. The Hall–Kier alpha value is -1.11. The van der Waals surface area contributed by atoms with Crippen LogP contribution in [0.5, 0.6) is 0 Å². The predicted octanol–water partition coefficient (Wildman–Crippen LogP) is 1.99. The van der Waals surface area contributed by atoms with Crippen molar-refractivity contribution in [1.29, 1.82) is 0 Å². The molecule has 0 aliphatic carbocycles. The van der Waals surface area contributed by atoms with E-state index in [1.807, 2.05) is 26.6 Å². The molecule has 2 amide bonds. The molecule has 2 aliphatic rings. The molecule has 7 heteroatoms. The van der Waals surface area contributed by atoms with Gasteiger partial charge in [0, 0.05) is 44.0 Å². The fourth-order valence-electron chi connectivity index (χ4n) is 3.19. The monoisotopic (exact) mass is 357 g/mol. The Kier molecular flexibility index (Phi) is 6.87. The minimum absolute atomic E-state index is 0. The molecule has 1 unspecified atom stereocenters. The van der Waals surface area contributed by atoms with E-state index in [4.69, 9.17) is 0 Å². The molecule has 1 N–H and O–H groups in total. The number of thiophene rings is 1. The number of rotatable bonds is 4. The molecule has 23 heavy (non-hydrogen) atoms. The second-order valence-electron chi connectivity index (χ2n) is 6.02. The quantitative estimate of drug-likeness (QED) is 0.896. The first kappa shape index (κ1) is 18.2. The van der Waals surface area contributed by atoms with Crippen LogP contribution in [0.3, 0.4) is 0 Å². The van der Waals surface area contributed by atoms with Crippen LogP contribution in [0, 0.1) is 0 Å². The van der Waals surface area contributed by atoms with Gasteiger partial charge < -0.3 is 15.1 Å². The standard InChI is InChI=1S/C16H23N3O2S.ClH/c20-15(4-3-14-2-1-6-17-14)18-7-9-19(10-8-18)16(21)13-5-11-22-12-13;/h5,11-12,14,17H,1-4,6-10H2;1H. The molecule has 0 bridgehead atoms. The average molecular weight is 358 g/mol. The fraction of sp³-hybridized carbons (Fsp3) is 0.625. The number of carbonyl (C=O) groups is 2. The number of nitrogens with zero attached hydrogens (tertiary/aromatic N) is 2. The molecule has 0 radical (unpaired) electrons. The summed E-state index contributed by atoms with van der Waals surface area (Å²) in [5, 5.41) is 7.23. The highest BCUT2D eigenvalue weighted by Crippen LogP contribution is 2.15. The Labute approximate surface area is 147 Å². The summed E-state index contributed by atoms with van der Waals surface area (Å²) in [4.78, 5) is 28.3. The van der Waals surface area contributed by atoms with E-state index in [0.29, 0.717) is 38.6 Å². The topological polar surface area (TPSA) is 52.7 Å². The van der Waals surface area contributed by atoms with E-state index in [2.05, 4.69) is 5.32 Å². The van der Waals surface area contributed by atoms with Gasteiger partial charge in [-0.05, 0) is 37.3 Å². The van der Waals surface area contributed by atoms with Crippen molar-refractivity contribution in [3.8, 4) is 0 Å². The third-order valence-electron chi connectivity index (χ3n) is 4.56. The van der Waals surface area contributed by atoms with Crippen molar-refractivity contribution in [2.24, 2.45) is 0 Å². The van der Waals surface area contributed by atoms with Gasteiger partial charge >= 0.3 is 0 Å². The van der Waals surface area contributed by atoms with Crippen molar-refractivity contribution >= 4 is 35.6 Å². The summed E-state index contributed by atoms with van der Waals surface area (Å²) in [6.07, 6.45) is 3.97. The lowest BCUT2D eigenvalue weighted by molar-refractivity contribution is -0.132. The Morgan fingerprint density at radius 1 is 1.22 bits per heavy atom. The highest BCUT2D eigenvalue weighted by molar-refractivity contribution is 7.08. The van der Waals surface area contributed by atoms with Gasteiger partial charge in [-0.2, -0.15) is 11.3 Å². The Morgan fingerprint density at radius 2 is 1.96 bits per heavy atom. The van der Waals surface area contributed by atoms with Gasteiger partial charge in [-0.3, -0.25) is 9.59 Å². The molecule has 3 rings (SSSR count). The lowest BCUT2D eigenvalue weighted by atomic mass is 10.1. The minimum atomic E-state index is 0. The zero-order chi connectivity index (χ0) is 15.4. The molecule has 2 saturated heterocycles. The van der Waals surface area contributed by atoms with Crippen LogP contribution >= 0.6 is 23.7 Å². The van der Waals surface area contributed by atoms with Crippen LogP contribution in [-0.2, 0) is 4.79 Å². The molecule has 0 saturated carbocycles. The van der Waals surface area contributed by atoms with Gasteiger partial charge in [-0.25, -0.2) is 0 Å². The zero-order valence-corrected chi connectivity index (χ0v) is 14.8. The summed E-state index contributed by atoms with van der Waals surface area (Å²) in [6, 6.07) is 2.38. The predicted molar refractivity (Wildman–Crippen MR) is 94.3 cm³/mol. The summed E-state index contributed by atoms with van der Waals surface area (Å²) in [5.74, 6) is 0.319. The van der Waals surface area contributed by atoms with E-state index >= 15 is 0 Å². The molecule has 2 aliphatic heterocycles. The van der Waals surface area contributed by atoms with Gasteiger partial charge in [0.15, 0.2) is 0 Å². The van der Waals surface area contributed by atoms with Crippen LogP contribution in [0.25, 0.3) is 0 Å². The van der Waals surface area contributed by atoms with E-state index in [1.165, 1.54) is 24.2 Å². The van der Waals surface area contributed by atoms with Gasteiger partial charge in [0.05, 0.1) is 5.56 Å². The Balaban J connectivity index is 0.00000192. The summed E-state index contributed by atoms with van der Waals surface area (Å²) < 4.78 is 0. The number of piperazine rings is 1. The molecule has 1 aromatic rings. The van der Waals surface area contributed by atoms with E-state index in [0.717, 1.165) is 18.5 Å². The van der Waals surface area contributed by atoms with Crippen LogP contribution in [0.15, 0.2) is 16.8 Å². The molecule has 1 aromatic heterocycles. The number of hydrogen-bond acceptors (Lipinski definition) is 4. The Morgan fingerprint density at radius 3 is 2.57 bits per heavy atom. The highest BCUT2D eigenvalue weighted by Gasteiger charge is 2.25. The second-order valence-corrected chi connectivity index (χ2v) is 6.80. The number of nitrogens with one attached hydrogen (secondary N) is 1. The molecule has 0 aromatic carbocycles. The van der Waals surface area contributed by atoms with Crippen molar-refractivity contribution in [3.05, 3.63) is 22.4 Å². The molecule has 128 valence electrons. The smallest absolute Gasteiger partial charge is 0.254 e. The highest BCUT2D eigenvalue weighted by atomic mass is 35.5. The molecule has 5 nitrogen and oxygen atoms in total. The molecule has 2 fully saturated rings. The van der Waals surface area contributed by atoms with E-state index < -0.39 is 0 Å². The summed E-state index contributed by atoms with van der Waals surface area (Å²) in [6.45, 7) is 3.69. The zero-order valence-electron chi connectivity index (χ0n) is 13.2. The van der Waals surface area contributed by atoms with Gasteiger partial charge in [0.1, 0.15) is 0 Å². The minimum Gasteiger partial charge on any atom is -0.339 e. The molecular formula is C16H24ClN3O2S. The van der Waals surface area contributed by atoms with Crippen LogP contribution in [0.1, 0.15) is 36.0 Å². The van der Waals surface area contributed by atoms with Crippen LogP contribution in [0.4, 0.5) is 0 Å². The van der Waals surface area contributed by atoms with Crippen molar-refractivity contribution in [1.82, 2.24) is 15.1 Å². The summed E-state index contributed by atoms with van der Waals surface area (Å²) >= 11 is 1.54. The first-order valence-electron chi connectivity index (χ1n) is 8.06. The number of amides is 2. The van der Waals surface area contributed by atoms with Crippen molar-refractivity contribution in [2.45, 2.75) is 31.7 Å². The molecule has 1 atom stereocenters. The third-order valence-corrected chi connectivity index (χ3v) is 5.24. The van der Waals surface area contributed by atoms with Gasteiger partial charge in [-0.1, -0.05) is 0 Å². The van der Waals surface area contributed by atoms with E-state index in [1.54, 1.807) is 0 Å². The molecular weight excluding hydrogens is 334 g/mol. The number of hydrogen-bond donors (Lipinski definition) is 1. The second kappa shape index (κ2) is 8.66. The largest absolute Gasteiger partial charge is 0.339 e. The first-order chi connectivity index (χ1) is 10.7. The summed E-state index contributed by atoms with van der Waals surface area (Å²) in [5.41, 5.74) is 0.761. The van der Waals surface area contributed by atoms with Gasteiger partial charge in [0.2, 0.25) is 5.91 Å². The van der Waals surface area contributed by atoms with Crippen LogP contribution < -0.4 is 5.32 Å². The van der Waals surface area contributed by atoms with Crippen LogP contribution in [0.2, 0.25) is 0 Å². The Bertz CT molecular complexity index is 509. The van der Waals surface area contributed by atoms with Crippen LogP contribution in [-0.4, -0.2) is 60.4 Å². The van der Waals surface area contributed by atoms with Gasteiger partial charge in [-0.15, -0.1) is 12.4 Å². The van der Waals surface area contributed by atoms with E-state index in [-0.39, 0.29) is 24.2 Å². The van der Waals surface area contributed by atoms with Crippen molar-refractivity contribution in [2.75, 3.05) is 32.7 Å². The lowest BCUT2D eigenvalue weighted by Gasteiger charge is -2.35. The molecule has 3 heterocycles. The lowest BCUT2D eigenvalue weighted by Crippen LogP contribution is -2.50. The maximum atomic E-state index is 12.3. The average Bonchev–Trinajstić information content (AvgIpc) is 3.25. The maximum Gasteiger partial charge on any atom is 0.254 e. The number of carbonyl (C=O) groups excluding carboxylic acids is 2. The molecule has 0 spiro atoms. The van der Waals surface area contributed by atoms with Gasteiger partial charge in [0.25, 0.3) is 5.91 Å². The SMILES string of the molecule is Cl.O=C(CCC1CCCN1)N1CCN(C(=O)c2ccsc2)CC1. The normalized spacial score (nSPS) is 21.1. The fourth-order valence-corrected chi connectivity index (χ4v) is 3.82. The number of halogens is 1. The van der Waals surface area contributed by atoms with E-state index in [9.17, 15) is 9.59 Å². The van der Waals surface area contributed by atoms with Crippen molar-refractivity contribution < 1.29 is 9.59 Å². The van der Waals surface area contributed by atoms with Crippen molar-refractivity contribution in [3.63, 3.8) is 0 Å². The third kappa shape index (κ3) is 4.68. The first-order valence-corrected chi connectivity index (χ1v) is 9.01. The maximum absolute atomic E-state index is 12.3.